The van der Waals surface area contributed by atoms with E-state index in [1.807, 2.05) is 12.1 Å². The van der Waals surface area contributed by atoms with E-state index in [0.29, 0.717) is 0 Å². The molecule has 2 heterocycles. The van der Waals surface area contributed by atoms with Crippen LogP contribution in [-0.4, -0.2) is 36.1 Å². The molecule has 1 N–H and O–H groups in total. The largest absolute Gasteiger partial charge is 0.367 e. The highest BCUT2D eigenvalue weighted by Crippen LogP contribution is 2.32. The maximum Gasteiger partial charge on any atom is 0.0890 e. The van der Waals surface area contributed by atoms with Crippen LogP contribution in [0.15, 0.2) is 78.9 Å². The lowest BCUT2D eigenvalue weighted by Gasteiger charge is -2.40. The fourth-order valence-corrected chi connectivity index (χ4v) is 4.53. The highest BCUT2D eigenvalue weighted by atomic mass is 35.5. The topological polar surface area (TPSA) is 22.3 Å². The minimum atomic E-state index is 0.283. The summed E-state index contributed by atoms with van der Waals surface area (Å²) in [5, 5.41) is 1.93. The van der Waals surface area contributed by atoms with Gasteiger partial charge in [0.25, 0.3) is 0 Å². The monoisotopic (exact) mass is 400 g/mol. The van der Waals surface area contributed by atoms with Crippen molar-refractivity contribution in [1.82, 2.24) is 9.88 Å². The van der Waals surface area contributed by atoms with Gasteiger partial charge >= 0.3 is 0 Å². The van der Waals surface area contributed by atoms with Crippen LogP contribution in [-0.2, 0) is 0 Å². The van der Waals surface area contributed by atoms with Gasteiger partial charge in [-0.15, -0.1) is 0 Å². The third-order valence-electron chi connectivity index (χ3n) is 5.78. The van der Waals surface area contributed by atoms with Crippen LogP contribution < -0.4 is 4.90 Å². The zero-order chi connectivity index (χ0) is 19.6. The number of H-pyrrole nitrogens is 1. The van der Waals surface area contributed by atoms with Gasteiger partial charge in [0.15, 0.2) is 0 Å². The molecule has 0 spiro atoms. The predicted molar refractivity (Wildman–Crippen MR) is 121 cm³/mol. The zero-order valence-electron chi connectivity index (χ0n) is 16.2. The van der Waals surface area contributed by atoms with E-state index >= 15 is 0 Å². The van der Waals surface area contributed by atoms with Gasteiger partial charge in [-0.3, -0.25) is 4.90 Å². The van der Waals surface area contributed by atoms with Crippen LogP contribution in [0.2, 0.25) is 5.02 Å². The molecule has 0 atom stereocenters. The molecule has 29 heavy (non-hydrogen) atoms. The molecule has 3 nitrogen and oxygen atoms in total. The molecule has 0 unspecified atom stereocenters. The number of hydrogen-bond donors (Lipinski definition) is 1. The number of anilines is 1. The molecule has 0 amide bonds. The average molecular weight is 401 g/mol. The summed E-state index contributed by atoms with van der Waals surface area (Å²) in [4.78, 5) is 8.26. The van der Waals surface area contributed by atoms with Gasteiger partial charge in [-0.2, -0.15) is 0 Å². The third-order valence-corrected chi connectivity index (χ3v) is 6.01. The number of fused-ring (bicyclic) bond motifs is 1. The van der Waals surface area contributed by atoms with Gasteiger partial charge in [-0.25, -0.2) is 0 Å². The first-order valence-electron chi connectivity index (χ1n) is 10.1. The highest BCUT2D eigenvalue weighted by Gasteiger charge is 2.27. The van der Waals surface area contributed by atoms with Gasteiger partial charge in [0.2, 0.25) is 0 Å². The summed E-state index contributed by atoms with van der Waals surface area (Å²) >= 11 is 6.13. The second kappa shape index (κ2) is 7.94. The van der Waals surface area contributed by atoms with Crippen molar-refractivity contribution in [2.75, 3.05) is 31.1 Å². The molecule has 0 aliphatic carbocycles. The van der Waals surface area contributed by atoms with Crippen molar-refractivity contribution in [2.45, 2.75) is 6.04 Å². The Labute approximate surface area is 176 Å². The Balaban J connectivity index is 1.39. The van der Waals surface area contributed by atoms with E-state index in [0.717, 1.165) is 42.4 Å². The van der Waals surface area contributed by atoms with Crippen LogP contribution in [0.3, 0.4) is 0 Å². The molecule has 3 aromatic carbocycles. The minimum absolute atomic E-state index is 0.283. The molecule has 1 aliphatic rings. The summed E-state index contributed by atoms with van der Waals surface area (Å²) in [5.74, 6) is 0. The van der Waals surface area contributed by atoms with E-state index in [4.69, 9.17) is 11.6 Å². The Morgan fingerprint density at radius 3 is 2.03 bits per heavy atom. The highest BCUT2D eigenvalue weighted by molar-refractivity contribution is 6.31. The SMILES string of the molecule is Clc1ccc2c(N3CCN(C(c4ccccc4)c4ccccc4)CC3)[c][nH]c2c1. The van der Waals surface area contributed by atoms with E-state index in [-0.39, 0.29) is 6.04 Å². The van der Waals surface area contributed by atoms with E-state index in [2.05, 4.69) is 87.7 Å². The van der Waals surface area contributed by atoms with Crippen LogP contribution in [0, 0.1) is 6.20 Å². The maximum atomic E-state index is 6.13. The Bertz CT molecular complexity index is 1040. The molecule has 1 saturated heterocycles. The van der Waals surface area contributed by atoms with Crippen molar-refractivity contribution < 1.29 is 0 Å². The van der Waals surface area contributed by atoms with E-state index in [1.165, 1.54) is 16.5 Å². The molecule has 1 aromatic heterocycles. The first kappa shape index (κ1) is 18.3. The van der Waals surface area contributed by atoms with E-state index < -0.39 is 0 Å². The zero-order valence-corrected chi connectivity index (χ0v) is 16.9. The second-order valence-electron chi connectivity index (χ2n) is 7.54. The molecular formula is C25H23ClN3. The Morgan fingerprint density at radius 2 is 1.41 bits per heavy atom. The molecule has 1 radical (unpaired) electrons. The number of nitrogens with one attached hydrogen (secondary N) is 1. The Kier molecular flexibility index (Phi) is 5.01. The number of rotatable bonds is 4. The molecule has 1 aliphatic heterocycles. The average Bonchev–Trinajstić information content (AvgIpc) is 3.19. The number of benzene rings is 3. The van der Waals surface area contributed by atoms with Crippen molar-refractivity contribution >= 4 is 28.2 Å². The third kappa shape index (κ3) is 3.64. The fraction of sp³-hybridized carbons (Fsp3) is 0.200. The predicted octanol–water partition coefficient (Wildman–Crippen LogP) is 5.53. The van der Waals surface area contributed by atoms with Gasteiger partial charge in [0.05, 0.1) is 17.9 Å². The molecular weight excluding hydrogens is 378 g/mol. The second-order valence-corrected chi connectivity index (χ2v) is 7.97. The number of nitrogens with zero attached hydrogens (tertiary/aromatic N) is 2. The Hall–Kier alpha value is -2.75. The van der Waals surface area contributed by atoms with Gasteiger partial charge in [-0.05, 0) is 29.3 Å². The van der Waals surface area contributed by atoms with Crippen LogP contribution in [0.25, 0.3) is 10.9 Å². The normalized spacial score (nSPS) is 15.3. The smallest absolute Gasteiger partial charge is 0.0890 e. The quantitative estimate of drug-likeness (QED) is 0.486. The molecule has 0 bridgehead atoms. The maximum absolute atomic E-state index is 6.13. The lowest BCUT2D eigenvalue weighted by atomic mass is 9.96. The number of aromatic nitrogens is 1. The molecule has 145 valence electrons. The number of halogens is 1. The van der Waals surface area contributed by atoms with Gasteiger partial charge in [0.1, 0.15) is 0 Å². The lowest BCUT2D eigenvalue weighted by molar-refractivity contribution is 0.212. The number of piperazine rings is 1. The van der Waals surface area contributed by atoms with Gasteiger partial charge < -0.3 is 9.88 Å². The standard InChI is InChI=1S/C25H23ClN3/c26-21-11-12-22-23(17-21)27-18-24(22)28-13-15-29(16-14-28)25(19-7-3-1-4-8-19)20-9-5-2-6-10-20/h1-12,17,25,27H,13-16H2. The molecule has 4 aromatic rings. The van der Waals surface area contributed by atoms with Crippen molar-refractivity contribution in [3.8, 4) is 0 Å². The van der Waals surface area contributed by atoms with Crippen LogP contribution >= 0.6 is 11.6 Å². The van der Waals surface area contributed by atoms with Gasteiger partial charge in [0, 0.05) is 42.1 Å². The summed E-state index contributed by atoms with van der Waals surface area (Å²) in [6.07, 6.45) is 3.34. The summed E-state index contributed by atoms with van der Waals surface area (Å²) < 4.78 is 0. The van der Waals surface area contributed by atoms with Crippen molar-refractivity contribution in [3.63, 3.8) is 0 Å². The number of aromatic amines is 1. The minimum Gasteiger partial charge on any atom is -0.367 e. The lowest BCUT2D eigenvalue weighted by Crippen LogP contribution is -2.48. The van der Waals surface area contributed by atoms with Crippen LogP contribution in [0.5, 0.6) is 0 Å². The van der Waals surface area contributed by atoms with Crippen molar-refractivity contribution in [1.29, 1.82) is 0 Å². The van der Waals surface area contributed by atoms with Crippen LogP contribution in [0.4, 0.5) is 5.69 Å². The molecule has 5 rings (SSSR count). The summed E-state index contributed by atoms with van der Waals surface area (Å²) in [7, 11) is 0. The van der Waals surface area contributed by atoms with Gasteiger partial charge in [-0.1, -0.05) is 72.3 Å². The number of hydrogen-bond acceptors (Lipinski definition) is 2. The summed E-state index contributed by atoms with van der Waals surface area (Å²) in [5.41, 5.74) is 4.88. The van der Waals surface area contributed by atoms with E-state index in [9.17, 15) is 0 Å². The first-order valence-corrected chi connectivity index (χ1v) is 10.5. The summed E-state index contributed by atoms with van der Waals surface area (Å²) in [6, 6.07) is 27.9. The van der Waals surface area contributed by atoms with Crippen molar-refractivity contribution in [2.24, 2.45) is 0 Å². The molecule has 4 heteroatoms. The van der Waals surface area contributed by atoms with Crippen molar-refractivity contribution in [3.05, 3.63) is 101 Å². The fourth-order valence-electron chi connectivity index (χ4n) is 4.36. The van der Waals surface area contributed by atoms with Crippen LogP contribution in [0.1, 0.15) is 17.2 Å². The Morgan fingerprint density at radius 1 is 0.793 bits per heavy atom. The summed E-state index contributed by atoms with van der Waals surface area (Å²) in [6.45, 7) is 3.95. The molecule has 1 fully saturated rings. The van der Waals surface area contributed by atoms with E-state index in [1.54, 1.807) is 0 Å². The molecule has 0 saturated carbocycles. The first-order chi connectivity index (χ1) is 14.3.